The average Bonchev–Trinajstić information content (AvgIpc) is 2.98. The van der Waals surface area contributed by atoms with Crippen molar-refractivity contribution in [3.8, 4) is 0 Å². The van der Waals surface area contributed by atoms with E-state index in [1.54, 1.807) is 24.2 Å². The lowest BCUT2D eigenvalue weighted by Gasteiger charge is -2.16. The standard InChI is InChI=1S/C17H19N5OS/c1-21(11-13-9-19-16-10-18-7-8-22(13)16)12-17(23)20-14-5-3-4-6-15(14)24-2/h3-10H,11-12H2,1-2H3,(H,20,23). The maximum atomic E-state index is 12.3. The van der Waals surface area contributed by atoms with E-state index in [9.17, 15) is 4.79 Å². The summed E-state index contributed by atoms with van der Waals surface area (Å²) in [5, 5.41) is 2.98. The predicted octanol–water partition coefficient (Wildman–Crippen LogP) is 2.52. The molecule has 0 atom stereocenters. The number of carbonyl (C=O) groups excluding carboxylic acids is 1. The van der Waals surface area contributed by atoms with Crippen LogP contribution in [0.3, 0.4) is 0 Å². The molecule has 0 unspecified atom stereocenters. The average molecular weight is 341 g/mol. The molecule has 7 heteroatoms. The molecule has 1 aromatic carbocycles. The Bertz CT molecular complexity index is 848. The van der Waals surface area contributed by atoms with Crippen molar-refractivity contribution in [2.75, 3.05) is 25.2 Å². The van der Waals surface area contributed by atoms with E-state index in [-0.39, 0.29) is 5.91 Å². The molecular formula is C17H19N5OS. The number of likely N-dealkylation sites (N-methyl/N-ethyl adjacent to an activating group) is 1. The highest BCUT2D eigenvalue weighted by Crippen LogP contribution is 2.24. The van der Waals surface area contributed by atoms with Crippen LogP contribution in [0.1, 0.15) is 5.69 Å². The number of amides is 1. The van der Waals surface area contributed by atoms with Crippen molar-refractivity contribution >= 4 is 29.0 Å². The number of hydrogen-bond acceptors (Lipinski definition) is 5. The van der Waals surface area contributed by atoms with Crippen molar-refractivity contribution in [3.63, 3.8) is 0 Å². The normalized spacial score (nSPS) is 11.1. The minimum Gasteiger partial charge on any atom is -0.324 e. The van der Waals surface area contributed by atoms with Gasteiger partial charge in [-0.25, -0.2) is 4.98 Å². The zero-order chi connectivity index (χ0) is 16.9. The Hall–Kier alpha value is -2.38. The summed E-state index contributed by atoms with van der Waals surface area (Å²) in [5.74, 6) is -0.0329. The number of aromatic nitrogens is 3. The highest BCUT2D eigenvalue weighted by molar-refractivity contribution is 7.98. The van der Waals surface area contributed by atoms with Gasteiger partial charge in [-0.1, -0.05) is 12.1 Å². The number of anilines is 1. The van der Waals surface area contributed by atoms with Crippen LogP contribution >= 0.6 is 11.8 Å². The van der Waals surface area contributed by atoms with Gasteiger partial charge in [-0.2, -0.15) is 0 Å². The van der Waals surface area contributed by atoms with Gasteiger partial charge in [0.2, 0.25) is 5.91 Å². The fourth-order valence-corrected chi connectivity index (χ4v) is 3.08. The van der Waals surface area contributed by atoms with Crippen molar-refractivity contribution in [2.24, 2.45) is 0 Å². The van der Waals surface area contributed by atoms with Gasteiger partial charge in [0.25, 0.3) is 0 Å². The monoisotopic (exact) mass is 341 g/mol. The molecule has 1 N–H and O–H groups in total. The van der Waals surface area contributed by atoms with Crippen LogP contribution in [0.15, 0.2) is 53.9 Å². The van der Waals surface area contributed by atoms with Gasteiger partial charge in [0, 0.05) is 23.8 Å². The first kappa shape index (κ1) is 16.5. The lowest BCUT2D eigenvalue weighted by molar-refractivity contribution is -0.117. The zero-order valence-electron chi connectivity index (χ0n) is 13.6. The third kappa shape index (κ3) is 3.74. The minimum atomic E-state index is -0.0329. The molecule has 24 heavy (non-hydrogen) atoms. The van der Waals surface area contributed by atoms with E-state index < -0.39 is 0 Å². The van der Waals surface area contributed by atoms with Gasteiger partial charge in [-0.05, 0) is 25.4 Å². The molecule has 0 aliphatic carbocycles. The van der Waals surface area contributed by atoms with Gasteiger partial charge >= 0.3 is 0 Å². The summed E-state index contributed by atoms with van der Waals surface area (Å²) < 4.78 is 1.98. The van der Waals surface area contributed by atoms with Crippen molar-refractivity contribution < 1.29 is 4.79 Å². The van der Waals surface area contributed by atoms with Crippen LogP contribution in [-0.4, -0.2) is 45.0 Å². The predicted molar refractivity (Wildman–Crippen MR) is 96.2 cm³/mol. The summed E-state index contributed by atoms with van der Waals surface area (Å²) in [5.41, 5.74) is 2.68. The second-order valence-electron chi connectivity index (χ2n) is 5.47. The Morgan fingerprint density at radius 1 is 1.33 bits per heavy atom. The molecule has 2 heterocycles. The fraction of sp³-hybridized carbons (Fsp3) is 0.235. The van der Waals surface area contributed by atoms with Crippen molar-refractivity contribution in [3.05, 3.63) is 54.7 Å². The number of benzene rings is 1. The largest absolute Gasteiger partial charge is 0.324 e. The molecule has 1 amide bonds. The number of nitrogens with zero attached hydrogens (tertiary/aromatic N) is 4. The number of imidazole rings is 1. The SMILES string of the molecule is CSc1ccccc1NC(=O)CN(C)Cc1cnc2cnccn12. The number of hydrogen-bond donors (Lipinski definition) is 1. The van der Waals surface area contributed by atoms with Gasteiger partial charge in [0.1, 0.15) is 0 Å². The van der Waals surface area contributed by atoms with Gasteiger partial charge in [0.15, 0.2) is 5.65 Å². The molecule has 0 bridgehead atoms. The number of carbonyl (C=O) groups is 1. The van der Waals surface area contributed by atoms with Crippen LogP contribution in [0.2, 0.25) is 0 Å². The van der Waals surface area contributed by atoms with Crippen LogP contribution in [-0.2, 0) is 11.3 Å². The molecule has 124 valence electrons. The van der Waals surface area contributed by atoms with E-state index in [1.807, 2.05) is 59.3 Å². The van der Waals surface area contributed by atoms with E-state index in [4.69, 9.17) is 0 Å². The molecule has 0 aliphatic rings. The molecule has 3 aromatic rings. The quantitative estimate of drug-likeness (QED) is 0.698. The summed E-state index contributed by atoms with van der Waals surface area (Å²) in [6.45, 7) is 0.934. The topological polar surface area (TPSA) is 62.5 Å². The highest BCUT2D eigenvalue weighted by atomic mass is 32.2. The van der Waals surface area contributed by atoms with E-state index in [1.165, 1.54) is 0 Å². The fourth-order valence-electron chi connectivity index (χ4n) is 2.53. The minimum absolute atomic E-state index is 0.0329. The highest BCUT2D eigenvalue weighted by Gasteiger charge is 2.11. The van der Waals surface area contributed by atoms with Crippen molar-refractivity contribution in [1.29, 1.82) is 0 Å². The molecular weight excluding hydrogens is 322 g/mol. The Labute approximate surface area is 144 Å². The first-order valence-electron chi connectivity index (χ1n) is 7.54. The third-order valence-electron chi connectivity index (χ3n) is 3.62. The molecule has 0 spiro atoms. The summed E-state index contributed by atoms with van der Waals surface area (Å²) in [7, 11) is 1.92. The lowest BCUT2D eigenvalue weighted by Crippen LogP contribution is -2.30. The van der Waals surface area contributed by atoms with Crippen molar-refractivity contribution in [2.45, 2.75) is 11.4 Å². The zero-order valence-corrected chi connectivity index (χ0v) is 14.5. The second kappa shape index (κ2) is 7.46. The van der Waals surface area contributed by atoms with Crippen LogP contribution in [0.5, 0.6) is 0 Å². The molecule has 6 nitrogen and oxygen atoms in total. The van der Waals surface area contributed by atoms with Gasteiger partial charge in [-0.3, -0.25) is 19.1 Å². The number of thioether (sulfide) groups is 1. The second-order valence-corrected chi connectivity index (χ2v) is 6.32. The summed E-state index contributed by atoms with van der Waals surface area (Å²) >= 11 is 1.62. The molecule has 0 saturated heterocycles. The molecule has 0 saturated carbocycles. The van der Waals surface area contributed by atoms with Crippen molar-refractivity contribution in [1.82, 2.24) is 19.3 Å². The van der Waals surface area contributed by atoms with E-state index in [0.717, 1.165) is 21.9 Å². The maximum Gasteiger partial charge on any atom is 0.238 e. The number of rotatable bonds is 6. The Morgan fingerprint density at radius 3 is 3.00 bits per heavy atom. The number of nitrogens with one attached hydrogen (secondary N) is 1. The Balaban J connectivity index is 1.62. The maximum absolute atomic E-state index is 12.3. The molecule has 0 fully saturated rings. The van der Waals surface area contributed by atoms with E-state index in [2.05, 4.69) is 15.3 Å². The summed E-state index contributed by atoms with van der Waals surface area (Å²) in [4.78, 5) is 23.7. The van der Waals surface area contributed by atoms with Gasteiger partial charge < -0.3 is 5.32 Å². The van der Waals surface area contributed by atoms with Crippen LogP contribution in [0.4, 0.5) is 5.69 Å². The van der Waals surface area contributed by atoms with Gasteiger partial charge in [-0.15, -0.1) is 11.8 Å². The summed E-state index contributed by atoms with van der Waals surface area (Å²) in [6.07, 6.45) is 9.13. The first-order chi connectivity index (χ1) is 11.7. The Morgan fingerprint density at radius 2 is 2.17 bits per heavy atom. The summed E-state index contributed by atoms with van der Waals surface area (Å²) in [6, 6.07) is 7.80. The van der Waals surface area contributed by atoms with Crippen LogP contribution < -0.4 is 5.32 Å². The molecule has 0 radical (unpaired) electrons. The van der Waals surface area contributed by atoms with E-state index in [0.29, 0.717) is 13.1 Å². The number of para-hydroxylation sites is 1. The van der Waals surface area contributed by atoms with E-state index >= 15 is 0 Å². The van der Waals surface area contributed by atoms with Crippen LogP contribution in [0.25, 0.3) is 5.65 Å². The number of fused-ring (bicyclic) bond motifs is 1. The lowest BCUT2D eigenvalue weighted by atomic mass is 10.3. The first-order valence-corrected chi connectivity index (χ1v) is 8.77. The Kier molecular flexibility index (Phi) is 5.12. The van der Waals surface area contributed by atoms with Crippen LogP contribution in [0, 0.1) is 0 Å². The molecule has 0 aliphatic heterocycles. The molecule has 3 rings (SSSR count). The molecule has 2 aromatic heterocycles. The van der Waals surface area contributed by atoms with Gasteiger partial charge in [0.05, 0.1) is 30.3 Å². The smallest absolute Gasteiger partial charge is 0.238 e. The third-order valence-corrected chi connectivity index (χ3v) is 4.42.